The van der Waals surface area contributed by atoms with Crippen LogP contribution in [0.4, 0.5) is 10.1 Å². The third-order valence-corrected chi connectivity index (χ3v) is 4.14. The van der Waals surface area contributed by atoms with E-state index in [0.717, 1.165) is 4.47 Å². The maximum atomic E-state index is 13.9. The Morgan fingerprint density at radius 3 is 2.83 bits per heavy atom. The summed E-state index contributed by atoms with van der Waals surface area (Å²) in [6.45, 7) is 1.79. The molecule has 1 N–H and O–H groups in total. The minimum absolute atomic E-state index is 0.218. The van der Waals surface area contributed by atoms with Gasteiger partial charge in [0, 0.05) is 23.3 Å². The quantitative estimate of drug-likeness (QED) is 0.628. The minimum atomic E-state index is -0.419. The standard InChI is InChI=1S/C15H12BrFN4OS/c1-8-13(7-20(2)19-8)21-14(22)12(18-15(21)23)6-9-5-10(16)3-4-11(9)17/h3-7H,1-2H3,(H,18,23)/b12-6+. The van der Waals surface area contributed by atoms with Crippen molar-refractivity contribution in [1.82, 2.24) is 15.1 Å². The van der Waals surface area contributed by atoms with Crippen LogP contribution in [0.15, 0.2) is 34.6 Å². The highest BCUT2D eigenvalue weighted by molar-refractivity contribution is 9.10. The molecule has 0 unspecified atom stereocenters. The van der Waals surface area contributed by atoms with Gasteiger partial charge in [-0.25, -0.2) is 9.29 Å². The van der Waals surface area contributed by atoms with Crippen molar-refractivity contribution in [2.75, 3.05) is 4.90 Å². The molecular weight excluding hydrogens is 383 g/mol. The van der Waals surface area contributed by atoms with E-state index in [-0.39, 0.29) is 16.7 Å². The number of hydrogen-bond donors (Lipinski definition) is 1. The number of carbonyl (C=O) groups excluding carboxylic acids is 1. The summed E-state index contributed by atoms with van der Waals surface area (Å²) in [5, 5.41) is 7.29. The maximum absolute atomic E-state index is 13.9. The maximum Gasteiger partial charge on any atom is 0.281 e. The summed E-state index contributed by atoms with van der Waals surface area (Å²) >= 11 is 8.52. The van der Waals surface area contributed by atoms with Crippen molar-refractivity contribution in [3.05, 3.63) is 51.6 Å². The van der Waals surface area contributed by atoms with Crippen LogP contribution in [0, 0.1) is 12.7 Å². The van der Waals surface area contributed by atoms with Crippen LogP contribution in [-0.4, -0.2) is 20.8 Å². The number of amides is 1. The number of benzene rings is 1. The third-order valence-electron chi connectivity index (χ3n) is 3.36. The smallest absolute Gasteiger partial charge is 0.281 e. The normalized spacial score (nSPS) is 16.3. The molecule has 0 saturated carbocycles. The second-order valence-corrected chi connectivity index (χ2v) is 6.37. The monoisotopic (exact) mass is 394 g/mol. The zero-order valence-corrected chi connectivity index (χ0v) is 14.7. The highest BCUT2D eigenvalue weighted by atomic mass is 79.9. The Morgan fingerprint density at radius 2 is 2.17 bits per heavy atom. The number of rotatable bonds is 2. The molecule has 1 saturated heterocycles. The van der Waals surface area contributed by atoms with Crippen LogP contribution < -0.4 is 10.2 Å². The number of thiocarbonyl (C=S) groups is 1. The second kappa shape index (κ2) is 5.86. The second-order valence-electron chi connectivity index (χ2n) is 5.07. The van der Waals surface area contributed by atoms with E-state index in [1.165, 1.54) is 17.0 Å². The number of aryl methyl sites for hydroxylation is 2. The summed E-state index contributed by atoms with van der Waals surface area (Å²) in [6, 6.07) is 4.52. The van der Waals surface area contributed by atoms with Crippen molar-refractivity contribution < 1.29 is 9.18 Å². The average Bonchev–Trinajstić information content (AvgIpc) is 2.93. The molecule has 1 aliphatic heterocycles. The van der Waals surface area contributed by atoms with Crippen LogP contribution in [0.5, 0.6) is 0 Å². The zero-order chi connectivity index (χ0) is 16.7. The van der Waals surface area contributed by atoms with Crippen LogP contribution in [0.2, 0.25) is 0 Å². The van der Waals surface area contributed by atoms with E-state index < -0.39 is 5.82 Å². The Labute approximate surface area is 145 Å². The Morgan fingerprint density at radius 1 is 1.43 bits per heavy atom. The van der Waals surface area contributed by atoms with Gasteiger partial charge in [-0.05, 0) is 43.4 Å². The molecule has 3 rings (SSSR count). The summed E-state index contributed by atoms with van der Waals surface area (Å²) in [4.78, 5) is 14.0. The van der Waals surface area contributed by atoms with Crippen molar-refractivity contribution in [2.45, 2.75) is 6.92 Å². The molecule has 1 aromatic heterocycles. The van der Waals surface area contributed by atoms with Crippen LogP contribution in [-0.2, 0) is 11.8 Å². The first-order valence-corrected chi connectivity index (χ1v) is 7.89. The summed E-state index contributed by atoms with van der Waals surface area (Å²) in [5.74, 6) is -0.761. The highest BCUT2D eigenvalue weighted by Gasteiger charge is 2.34. The van der Waals surface area contributed by atoms with E-state index >= 15 is 0 Å². The fourth-order valence-electron chi connectivity index (χ4n) is 2.34. The highest BCUT2D eigenvalue weighted by Crippen LogP contribution is 2.26. The van der Waals surface area contributed by atoms with Gasteiger partial charge in [0.2, 0.25) is 0 Å². The van der Waals surface area contributed by atoms with Gasteiger partial charge in [-0.3, -0.25) is 9.48 Å². The van der Waals surface area contributed by atoms with E-state index in [9.17, 15) is 9.18 Å². The van der Waals surface area contributed by atoms with Gasteiger partial charge in [0.15, 0.2) is 5.11 Å². The van der Waals surface area contributed by atoms with Crippen molar-refractivity contribution in [3.63, 3.8) is 0 Å². The van der Waals surface area contributed by atoms with Crippen LogP contribution >= 0.6 is 28.1 Å². The van der Waals surface area contributed by atoms with Gasteiger partial charge < -0.3 is 5.32 Å². The van der Waals surface area contributed by atoms with E-state index in [2.05, 4.69) is 26.3 Å². The first-order valence-electron chi connectivity index (χ1n) is 6.69. The first kappa shape index (κ1) is 15.8. The molecule has 1 amide bonds. The lowest BCUT2D eigenvalue weighted by atomic mass is 10.2. The Bertz CT molecular complexity index is 861. The van der Waals surface area contributed by atoms with Crippen LogP contribution in [0.3, 0.4) is 0 Å². The van der Waals surface area contributed by atoms with Crippen molar-refractivity contribution in [1.29, 1.82) is 0 Å². The molecule has 0 bridgehead atoms. The Balaban J connectivity index is 2.00. The molecule has 0 spiro atoms. The van der Waals surface area contributed by atoms with Crippen LogP contribution in [0.1, 0.15) is 11.3 Å². The molecule has 0 radical (unpaired) electrons. The predicted molar refractivity (Wildman–Crippen MR) is 93.2 cm³/mol. The van der Waals surface area contributed by atoms with Gasteiger partial charge in [0.05, 0.1) is 11.4 Å². The van der Waals surface area contributed by atoms with E-state index in [1.807, 2.05) is 0 Å². The SMILES string of the molecule is Cc1nn(C)cc1N1C(=O)/C(=C\c2cc(Br)ccc2F)NC1=S. The summed E-state index contributed by atoms with van der Waals surface area (Å²) in [5.41, 5.74) is 1.80. The van der Waals surface area contributed by atoms with Crippen LogP contribution in [0.25, 0.3) is 6.08 Å². The number of aromatic nitrogens is 2. The summed E-state index contributed by atoms with van der Waals surface area (Å²) < 4.78 is 16.2. The third kappa shape index (κ3) is 2.91. The van der Waals surface area contributed by atoms with Crippen molar-refractivity contribution in [2.24, 2.45) is 7.05 Å². The minimum Gasteiger partial charge on any atom is -0.327 e. The lowest BCUT2D eigenvalue weighted by molar-refractivity contribution is -0.113. The Hall–Kier alpha value is -2.06. The molecule has 8 heteroatoms. The fraction of sp³-hybridized carbons (Fsp3) is 0.133. The van der Waals surface area contributed by atoms with E-state index in [1.54, 1.807) is 37.0 Å². The molecule has 0 atom stereocenters. The largest absolute Gasteiger partial charge is 0.327 e. The molecule has 0 aliphatic carbocycles. The van der Waals surface area contributed by atoms with Gasteiger partial charge in [0.25, 0.3) is 5.91 Å². The van der Waals surface area contributed by atoms with Gasteiger partial charge in [0.1, 0.15) is 11.5 Å². The van der Waals surface area contributed by atoms with Gasteiger partial charge in [-0.1, -0.05) is 15.9 Å². The zero-order valence-electron chi connectivity index (χ0n) is 12.3. The number of nitrogens with zero attached hydrogens (tertiary/aromatic N) is 3. The van der Waals surface area contributed by atoms with Gasteiger partial charge >= 0.3 is 0 Å². The molecule has 5 nitrogen and oxygen atoms in total. The summed E-state index contributed by atoms with van der Waals surface area (Å²) in [6.07, 6.45) is 3.16. The molecular formula is C15H12BrFN4OS. The van der Waals surface area contributed by atoms with Gasteiger partial charge in [-0.15, -0.1) is 0 Å². The van der Waals surface area contributed by atoms with Crippen molar-refractivity contribution >= 4 is 50.9 Å². The Kier molecular flexibility index (Phi) is 4.03. The average molecular weight is 395 g/mol. The number of anilines is 1. The first-order chi connectivity index (χ1) is 10.9. The number of carbonyl (C=O) groups is 1. The van der Waals surface area contributed by atoms with E-state index in [4.69, 9.17) is 12.2 Å². The van der Waals surface area contributed by atoms with E-state index in [0.29, 0.717) is 16.9 Å². The lowest BCUT2D eigenvalue weighted by Gasteiger charge is -2.11. The molecule has 2 aromatic rings. The molecule has 2 heterocycles. The molecule has 118 valence electrons. The molecule has 1 aliphatic rings. The number of halogens is 2. The van der Waals surface area contributed by atoms with Crippen molar-refractivity contribution in [3.8, 4) is 0 Å². The molecule has 23 heavy (non-hydrogen) atoms. The summed E-state index contributed by atoms with van der Waals surface area (Å²) in [7, 11) is 1.77. The predicted octanol–water partition coefficient (Wildman–Crippen LogP) is 2.89. The fourth-order valence-corrected chi connectivity index (χ4v) is 3.01. The number of hydrogen-bond acceptors (Lipinski definition) is 3. The van der Waals surface area contributed by atoms with Gasteiger partial charge in [-0.2, -0.15) is 5.10 Å². The lowest BCUT2D eigenvalue weighted by Crippen LogP contribution is -2.30. The number of nitrogens with one attached hydrogen (secondary N) is 1. The molecule has 1 fully saturated rings. The molecule has 1 aromatic carbocycles. The topological polar surface area (TPSA) is 50.2 Å².